The molecule has 3 N–H and O–H groups in total. The molecule has 1 aliphatic heterocycles. The van der Waals surface area contributed by atoms with Crippen molar-refractivity contribution in [3.05, 3.63) is 34.9 Å². The van der Waals surface area contributed by atoms with E-state index in [-0.39, 0.29) is 18.0 Å². The van der Waals surface area contributed by atoms with E-state index in [4.69, 9.17) is 15.4 Å². The fraction of sp³-hybridized carbons (Fsp3) is 0.476. The zero-order valence-electron chi connectivity index (χ0n) is 17.8. The molecule has 0 saturated heterocycles. The van der Waals surface area contributed by atoms with Gasteiger partial charge >= 0.3 is 0 Å². The second-order valence-electron chi connectivity index (χ2n) is 8.39. The number of carbonyl (C=O) groups is 1. The maximum atomic E-state index is 12.4. The molecule has 0 unspecified atom stereocenters. The number of aromatic nitrogens is 2. The van der Waals surface area contributed by atoms with E-state index in [2.05, 4.69) is 15.6 Å². The number of nitrogens with zero attached hydrogens (tertiary/aromatic N) is 4. The van der Waals surface area contributed by atoms with Crippen molar-refractivity contribution >= 4 is 29.3 Å². The molecule has 0 fully saturated rings. The van der Waals surface area contributed by atoms with Gasteiger partial charge in [0.15, 0.2) is 5.82 Å². The first-order chi connectivity index (χ1) is 13.7. The normalized spacial score (nSPS) is 17.2. The molecule has 2 heterocycles. The molecule has 0 aromatic carbocycles. The van der Waals surface area contributed by atoms with Gasteiger partial charge in [0.05, 0.1) is 18.5 Å². The highest BCUT2D eigenvalue weighted by molar-refractivity contribution is 6.39. The van der Waals surface area contributed by atoms with Crippen LogP contribution in [-0.4, -0.2) is 54.0 Å². The van der Waals surface area contributed by atoms with Crippen LogP contribution in [0.1, 0.15) is 44.3 Å². The Morgan fingerprint density at radius 2 is 2.07 bits per heavy atom. The Morgan fingerprint density at radius 1 is 1.31 bits per heavy atom. The van der Waals surface area contributed by atoms with E-state index in [0.29, 0.717) is 17.2 Å². The summed E-state index contributed by atoms with van der Waals surface area (Å²) in [5.74, 6) is 1.26. The Bertz CT molecular complexity index is 922. The van der Waals surface area contributed by atoms with Gasteiger partial charge in [-0.25, -0.2) is 9.97 Å². The van der Waals surface area contributed by atoms with Crippen LogP contribution in [0.15, 0.2) is 22.8 Å². The lowest BCUT2D eigenvalue weighted by Crippen LogP contribution is -2.45. The number of amides is 1. The summed E-state index contributed by atoms with van der Waals surface area (Å²) in [4.78, 5) is 28.2. The lowest BCUT2D eigenvalue weighted by Gasteiger charge is -2.25. The third-order valence-electron chi connectivity index (χ3n) is 4.63. The quantitative estimate of drug-likeness (QED) is 0.706. The molecule has 0 saturated carbocycles. The molecule has 1 aliphatic carbocycles. The van der Waals surface area contributed by atoms with E-state index in [1.54, 1.807) is 13.2 Å². The predicted octanol–water partition coefficient (Wildman–Crippen LogP) is 1.86. The van der Waals surface area contributed by atoms with E-state index < -0.39 is 0 Å². The third kappa shape index (κ3) is 4.88. The topological polar surface area (TPSA) is 106 Å². The van der Waals surface area contributed by atoms with Crippen LogP contribution in [0.2, 0.25) is 0 Å². The molecule has 1 aromatic rings. The first kappa shape index (κ1) is 20.7. The van der Waals surface area contributed by atoms with Crippen molar-refractivity contribution < 1.29 is 4.79 Å². The number of aryl methyl sites for hydroxylation is 1. The van der Waals surface area contributed by atoms with Crippen LogP contribution in [0.4, 0.5) is 5.82 Å². The lowest BCUT2D eigenvalue weighted by atomic mass is 10.1. The molecule has 0 atom stereocenters. The van der Waals surface area contributed by atoms with E-state index in [9.17, 15) is 4.79 Å². The Hall–Kier alpha value is -3.03. The fourth-order valence-electron chi connectivity index (χ4n) is 3.46. The number of nitrogens with one attached hydrogen (secondary N) is 3. The zero-order chi connectivity index (χ0) is 21.2. The number of rotatable bonds is 5. The molecule has 0 bridgehead atoms. The maximum Gasteiger partial charge on any atom is 0.239 e. The van der Waals surface area contributed by atoms with Crippen molar-refractivity contribution in [3.8, 4) is 0 Å². The van der Waals surface area contributed by atoms with Crippen LogP contribution < -0.4 is 15.5 Å². The smallest absolute Gasteiger partial charge is 0.239 e. The molecule has 2 aliphatic rings. The molecule has 8 heteroatoms. The van der Waals surface area contributed by atoms with Crippen molar-refractivity contribution in [3.63, 3.8) is 0 Å². The highest BCUT2D eigenvalue weighted by Gasteiger charge is 2.25. The highest BCUT2D eigenvalue weighted by atomic mass is 16.2. The summed E-state index contributed by atoms with van der Waals surface area (Å²) in [7, 11) is 3.68. The number of carbonyl (C=O) groups excluding carboxylic acids is 1. The monoisotopic (exact) mass is 395 g/mol. The van der Waals surface area contributed by atoms with Gasteiger partial charge in [-0.3, -0.25) is 15.2 Å². The van der Waals surface area contributed by atoms with Crippen molar-refractivity contribution in [2.75, 3.05) is 25.5 Å². The Labute approximate surface area is 171 Å². The SMILES string of the molecule is CN/C=C1/C=C(c2nc3c(c(N(C)CC(=O)NC(C)(C)C)n2)CCC3)N=CC1=N. The summed E-state index contributed by atoms with van der Waals surface area (Å²) < 4.78 is 0. The molecule has 0 radical (unpaired) electrons. The van der Waals surface area contributed by atoms with Crippen LogP contribution in [0.5, 0.6) is 0 Å². The van der Waals surface area contributed by atoms with Gasteiger partial charge in [0.1, 0.15) is 11.5 Å². The maximum absolute atomic E-state index is 12.4. The van der Waals surface area contributed by atoms with Crippen molar-refractivity contribution in [2.45, 2.75) is 45.6 Å². The third-order valence-corrected chi connectivity index (χ3v) is 4.63. The summed E-state index contributed by atoms with van der Waals surface area (Å²) in [6, 6.07) is 0. The van der Waals surface area contributed by atoms with Gasteiger partial charge in [-0.05, 0) is 46.1 Å². The summed E-state index contributed by atoms with van der Waals surface area (Å²) >= 11 is 0. The van der Waals surface area contributed by atoms with E-state index in [1.807, 2.05) is 38.8 Å². The van der Waals surface area contributed by atoms with E-state index in [1.165, 1.54) is 6.21 Å². The van der Waals surface area contributed by atoms with Crippen LogP contribution in [-0.2, 0) is 17.6 Å². The number of aliphatic imine (C=N–C) groups is 1. The van der Waals surface area contributed by atoms with Crippen molar-refractivity contribution in [1.82, 2.24) is 20.6 Å². The number of hydrogen-bond donors (Lipinski definition) is 3. The first-order valence-corrected chi connectivity index (χ1v) is 9.82. The zero-order valence-corrected chi connectivity index (χ0v) is 17.8. The van der Waals surface area contributed by atoms with Crippen LogP contribution in [0, 0.1) is 5.41 Å². The Morgan fingerprint density at radius 3 is 2.76 bits per heavy atom. The second kappa shape index (κ2) is 8.14. The minimum absolute atomic E-state index is 0.0468. The van der Waals surface area contributed by atoms with Gasteiger partial charge in [-0.2, -0.15) is 0 Å². The minimum Gasteiger partial charge on any atom is -0.393 e. The lowest BCUT2D eigenvalue weighted by molar-refractivity contribution is -0.121. The molecule has 154 valence electrons. The average molecular weight is 396 g/mol. The van der Waals surface area contributed by atoms with Gasteiger partial charge in [0, 0.05) is 42.7 Å². The molecule has 3 rings (SSSR count). The fourth-order valence-corrected chi connectivity index (χ4v) is 3.46. The molecule has 8 nitrogen and oxygen atoms in total. The number of anilines is 1. The summed E-state index contributed by atoms with van der Waals surface area (Å²) in [6.45, 7) is 6.12. The summed E-state index contributed by atoms with van der Waals surface area (Å²) in [5, 5.41) is 13.9. The number of hydrogen-bond acceptors (Lipinski definition) is 7. The Balaban J connectivity index is 1.94. The van der Waals surface area contributed by atoms with Crippen LogP contribution in [0.3, 0.4) is 0 Å². The first-order valence-electron chi connectivity index (χ1n) is 9.82. The largest absolute Gasteiger partial charge is 0.393 e. The summed E-state index contributed by atoms with van der Waals surface area (Å²) in [6.07, 6.45) is 7.91. The molecule has 1 amide bonds. The van der Waals surface area contributed by atoms with Crippen molar-refractivity contribution in [1.29, 1.82) is 5.41 Å². The number of fused-ring (bicyclic) bond motifs is 1. The van der Waals surface area contributed by atoms with Gasteiger partial charge in [0.2, 0.25) is 5.91 Å². The van der Waals surface area contributed by atoms with Gasteiger partial charge in [-0.15, -0.1) is 0 Å². The minimum atomic E-state index is -0.279. The second-order valence-corrected chi connectivity index (χ2v) is 8.39. The molecule has 29 heavy (non-hydrogen) atoms. The average Bonchev–Trinajstić information content (AvgIpc) is 3.09. The number of allylic oxidation sites excluding steroid dienone is 2. The molecular formula is C21H29N7O. The molecular weight excluding hydrogens is 366 g/mol. The molecule has 0 spiro atoms. The van der Waals surface area contributed by atoms with Gasteiger partial charge < -0.3 is 15.5 Å². The highest BCUT2D eigenvalue weighted by Crippen LogP contribution is 2.30. The molecule has 1 aromatic heterocycles. The number of likely N-dealkylation sites (N-methyl/N-ethyl adjacent to an activating group) is 1. The van der Waals surface area contributed by atoms with Crippen LogP contribution in [0.25, 0.3) is 5.70 Å². The standard InChI is InChI=1S/C21H29N7O/c1-21(2,3)27-18(29)12-28(5)20-14-7-6-8-16(14)25-19(26-20)17-9-13(10-23-4)15(22)11-24-17/h9-11,22-23H,6-8,12H2,1-5H3,(H,27,29)/b13-10-,22-15?. The predicted molar refractivity (Wildman–Crippen MR) is 117 cm³/mol. The van der Waals surface area contributed by atoms with Gasteiger partial charge in [-0.1, -0.05) is 0 Å². The van der Waals surface area contributed by atoms with Crippen LogP contribution >= 0.6 is 0 Å². The van der Waals surface area contributed by atoms with E-state index >= 15 is 0 Å². The van der Waals surface area contributed by atoms with E-state index in [0.717, 1.165) is 41.9 Å². The summed E-state index contributed by atoms with van der Waals surface area (Å²) in [5.41, 5.74) is 3.52. The van der Waals surface area contributed by atoms with Gasteiger partial charge in [0.25, 0.3) is 0 Å². The Kier molecular flexibility index (Phi) is 5.81. The van der Waals surface area contributed by atoms with Crippen molar-refractivity contribution in [2.24, 2.45) is 4.99 Å².